The number of aromatic nitrogens is 1. The van der Waals surface area contributed by atoms with Gasteiger partial charge in [0, 0.05) is 31.3 Å². The summed E-state index contributed by atoms with van der Waals surface area (Å²) >= 11 is 1.71. The molecule has 0 aliphatic heterocycles. The molecule has 0 saturated carbocycles. The zero-order chi connectivity index (χ0) is 18.2. The van der Waals surface area contributed by atoms with E-state index in [-0.39, 0.29) is 6.10 Å². The highest BCUT2D eigenvalue weighted by Gasteiger charge is 2.19. The quantitative estimate of drug-likeness (QED) is 0.443. The molecular formula is C20H28N4OS. The summed E-state index contributed by atoms with van der Waals surface area (Å²) in [4.78, 5) is 9.84. The van der Waals surface area contributed by atoms with Crippen LogP contribution in [0.15, 0.2) is 35.5 Å². The van der Waals surface area contributed by atoms with Crippen LogP contribution in [0.4, 0.5) is 0 Å². The van der Waals surface area contributed by atoms with Crippen LogP contribution in [0.3, 0.4) is 0 Å². The second-order valence-electron chi connectivity index (χ2n) is 6.52. The topological polar surface area (TPSA) is 58.5 Å². The van der Waals surface area contributed by atoms with Gasteiger partial charge in [0.15, 0.2) is 5.96 Å². The van der Waals surface area contributed by atoms with Crippen LogP contribution in [0.25, 0.3) is 0 Å². The van der Waals surface area contributed by atoms with Crippen molar-refractivity contribution in [3.63, 3.8) is 0 Å². The molecule has 0 radical (unpaired) electrons. The fraction of sp³-hybridized carbons (Fsp3) is 0.500. The number of aliphatic imine (C=N–C) groups is 1. The Morgan fingerprint density at radius 2 is 2.23 bits per heavy atom. The van der Waals surface area contributed by atoms with E-state index in [0.29, 0.717) is 6.54 Å². The molecule has 0 bridgehead atoms. The number of nitrogens with one attached hydrogen (secondary N) is 2. The van der Waals surface area contributed by atoms with Crippen molar-refractivity contribution in [2.75, 3.05) is 20.2 Å². The van der Waals surface area contributed by atoms with Crippen LogP contribution in [-0.2, 0) is 17.7 Å². The van der Waals surface area contributed by atoms with Crippen LogP contribution in [0.2, 0.25) is 0 Å². The second-order valence-corrected chi connectivity index (χ2v) is 7.84. The van der Waals surface area contributed by atoms with Crippen LogP contribution in [0.1, 0.15) is 46.4 Å². The molecule has 1 aliphatic carbocycles. The number of benzene rings is 1. The molecule has 1 aliphatic rings. The highest BCUT2D eigenvalue weighted by Crippen LogP contribution is 2.32. The van der Waals surface area contributed by atoms with Crippen molar-refractivity contribution in [1.29, 1.82) is 0 Å². The first-order valence-corrected chi connectivity index (χ1v) is 10.1. The lowest BCUT2D eigenvalue weighted by molar-refractivity contribution is 0.0398. The van der Waals surface area contributed by atoms with E-state index >= 15 is 0 Å². The predicted molar refractivity (Wildman–Crippen MR) is 108 cm³/mol. The number of aryl methyl sites for hydroxylation is 2. The predicted octanol–water partition coefficient (Wildman–Crippen LogP) is 3.60. The lowest BCUT2D eigenvalue weighted by Gasteiger charge is -2.25. The van der Waals surface area contributed by atoms with Crippen LogP contribution in [0.5, 0.6) is 0 Å². The third-order valence-corrected chi connectivity index (χ3v) is 5.46. The van der Waals surface area contributed by atoms with E-state index in [0.717, 1.165) is 37.0 Å². The zero-order valence-electron chi connectivity index (χ0n) is 15.6. The van der Waals surface area contributed by atoms with E-state index in [1.54, 1.807) is 18.4 Å². The molecule has 140 valence electrons. The van der Waals surface area contributed by atoms with Gasteiger partial charge in [-0.25, -0.2) is 4.98 Å². The van der Waals surface area contributed by atoms with E-state index in [4.69, 9.17) is 4.74 Å². The van der Waals surface area contributed by atoms with E-state index in [9.17, 15) is 0 Å². The van der Waals surface area contributed by atoms with Gasteiger partial charge in [-0.3, -0.25) is 4.99 Å². The van der Waals surface area contributed by atoms with E-state index < -0.39 is 0 Å². The summed E-state index contributed by atoms with van der Waals surface area (Å²) in [6.07, 6.45) is 6.63. The lowest BCUT2D eigenvalue weighted by atomic mass is 9.89. The van der Waals surface area contributed by atoms with Crippen molar-refractivity contribution in [1.82, 2.24) is 15.6 Å². The third-order valence-electron chi connectivity index (χ3n) is 4.55. The van der Waals surface area contributed by atoms with Crippen molar-refractivity contribution >= 4 is 17.3 Å². The first-order valence-electron chi connectivity index (χ1n) is 9.31. The fourth-order valence-corrected chi connectivity index (χ4v) is 3.98. The second kappa shape index (κ2) is 9.69. The molecule has 1 unspecified atom stereocenters. The molecule has 2 aromatic rings. The normalized spacial score (nSPS) is 17.0. The number of thiazole rings is 1. The highest BCUT2D eigenvalue weighted by atomic mass is 32.1. The maximum Gasteiger partial charge on any atom is 0.191 e. The van der Waals surface area contributed by atoms with E-state index in [1.807, 2.05) is 6.20 Å². The first kappa shape index (κ1) is 18.9. The highest BCUT2D eigenvalue weighted by molar-refractivity contribution is 7.11. The zero-order valence-corrected chi connectivity index (χ0v) is 16.4. The molecule has 1 aromatic carbocycles. The summed E-state index contributed by atoms with van der Waals surface area (Å²) in [6, 6.07) is 8.67. The molecular weight excluding hydrogens is 344 g/mol. The summed E-state index contributed by atoms with van der Waals surface area (Å²) in [5.41, 5.74) is 2.83. The van der Waals surface area contributed by atoms with Gasteiger partial charge in [-0.15, -0.1) is 11.3 Å². The first-order chi connectivity index (χ1) is 12.8. The van der Waals surface area contributed by atoms with Crippen molar-refractivity contribution < 1.29 is 4.74 Å². The van der Waals surface area contributed by atoms with Gasteiger partial charge in [0.1, 0.15) is 5.01 Å². The van der Waals surface area contributed by atoms with Gasteiger partial charge in [0.2, 0.25) is 0 Å². The molecule has 2 N–H and O–H groups in total. The number of ether oxygens (including phenoxy) is 1. The van der Waals surface area contributed by atoms with Gasteiger partial charge >= 0.3 is 0 Å². The number of nitrogens with zero attached hydrogens (tertiary/aromatic N) is 2. The average molecular weight is 373 g/mol. The Bertz CT molecular complexity index is 728. The molecule has 3 rings (SSSR count). The Balaban J connectivity index is 1.35. The molecule has 0 amide bonds. The Hall–Kier alpha value is -1.92. The number of guanidine groups is 1. The molecule has 1 heterocycles. The van der Waals surface area contributed by atoms with Gasteiger partial charge in [0.05, 0.1) is 12.6 Å². The van der Waals surface area contributed by atoms with Crippen LogP contribution < -0.4 is 10.6 Å². The summed E-state index contributed by atoms with van der Waals surface area (Å²) in [6.45, 7) is 4.37. The number of hydrogen-bond donors (Lipinski definition) is 2. The molecule has 0 saturated heterocycles. The SMILES string of the molecule is CN=C(NCCCOC1CCCc2ccccc21)NCc1ncc(C)s1. The Morgan fingerprint density at radius 1 is 1.35 bits per heavy atom. The minimum absolute atomic E-state index is 0.255. The summed E-state index contributed by atoms with van der Waals surface area (Å²) in [7, 11) is 1.79. The third kappa shape index (κ3) is 5.29. The summed E-state index contributed by atoms with van der Waals surface area (Å²) in [5, 5.41) is 7.71. The van der Waals surface area contributed by atoms with Gasteiger partial charge in [-0.05, 0) is 43.7 Å². The largest absolute Gasteiger partial charge is 0.373 e. The molecule has 26 heavy (non-hydrogen) atoms. The van der Waals surface area contributed by atoms with E-state index in [2.05, 4.69) is 51.8 Å². The van der Waals surface area contributed by atoms with Gasteiger partial charge in [-0.2, -0.15) is 0 Å². The fourth-order valence-electron chi connectivity index (χ4n) is 3.25. The van der Waals surface area contributed by atoms with Gasteiger partial charge in [0.25, 0.3) is 0 Å². The lowest BCUT2D eigenvalue weighted by Crippen LogP contribution is -2.37. The number of rotatable bonds is 7. The molecule has 1 aromatic heterocycles. The number of fused-ring (bicyclic) bond motifs is 1. The number of hydrogen-bond acceptors (Lipinski definition) is 4. The summed E-state index contributed by atoms with van der Waals surface area (Å²) < 4.78 is 6.15. The standard InChI is InChI=1S/C20H28N4OS/c1-15-13-23-19(26-15)14-24-20(21-2)22-11-6-12-25-18-10-5-8-16-7-3-4-9-17(16)18/h3-4,7,9,13,18H,5-6,8,10-12,14H2,1-2H3,(H2,21,22,24). The van der Waals surface area contributed by atoms with E-state index in [1.165, 1.54) is 28.8 Å². The molecule has 0 fully saturated rings. The monoisotopic (exact) mass is 372 g/mol. The van der Waals surface area contributed by atoms with Crippen LogP contribution in [-0.4, -0.2) is 31.1 Å². The minimum atomic E-state index is 0.255. The maximum atomic E-state index is 6.15. The van der Waals surface area contributed by atoms with Crippen molar-refractivity contribution in [3.05, 3.63) is 51.5 Å². The van der Waals surface area contributed by atoms with Crippen molar-refractivity contribution in [2.45, 2.75) is 45.3 Å². The van der Waals surface area contributed by atoms with Gasteiger partial charge in [-0.1, -0.05) is 24.3 Å². The van der Waals surface area contributed by atoms with Gasteiger partial charge < -0.3 is 15.4 Å². The molecule has 1 atom stereocenters. The average Bonchev–Trinajstić information content (AvgIpc) is 3.09. The Morgan fingerprint density at radius 3 is 3.04 bits per heavy atom. The summed E-state index contributed by atoms with van der Waals surface area (Å²) in [5.74, 6) is 0.806. The van der Waals surface area contributed by atoms with Crippen molar-refractivity contribution in [3.8, 4) is 0 Å². The Labute approximate surface area is 159 Å². The smallest absolute Gasteiger partial charge is 0.191 e. The molecule has 6 heteroatoms. The molecule has 5 nitrogen and oxygen atoms in total. The Kier molecular flexibility index (Phi) is 7.03. The van der Waals surface area contributed by atoms with Crippen LogP contribution >= 0.6 is 11.3 Å². The van der Waals surface area contributed by atoms with Crippen LogP contribution in [0, 0.1) is 6.92 Å². The van der Waals surface area contributed by atoms with Crippen molar-refractivity contribution in [2.24, 2.45) is 4.99 Å². The maximum absolute atomic E-state index is 6.15. The molecule has 0 spiro atoms. The minimum Gasteiger partial charge on any atom is -0.373 e.